The van der Waals surface area contributed by atoms with Crippen LogP contribution in [0.4, 0.5) is 11.6 Å². The summed E-state index contributed by atoms with van der Waals surface area (Å²) in [5, 5.41) is 6.85. The lowest BCUT2D eigenvalue weighted by atomic mass is 9.93. The van der Waals surface area contributed by atoms with Crippen LogP contribution in [0.1, 0.15) is 10.4 Å². The maximum Gasteiger partial charge on any atom is 0.252 e. The minimum Gasteiger partial charge on any atom is -0.376 e. The van der Waals surface area contributed by atoms with Gasteiger partial charge >= 0.3 is 0 Å². The van der Waals surface area contributed by atoms with E-state index in [1.165, 1.54) is 11.3 Å². The van der Waals surface area contributed by atoms with E-state index in [-0.39, 0.29) is 12.0 Å². The molecule has 0 unspecified atom stereocenters. The zero-order valence-corrected chi connectivity index (χ0v) is 15.8. The average molecular weight is 373 g/mol. The third-order valence-corrected chi connectivity index (χ3v) is 5.85. The first-order chi connectivity index (χ1) is 12.6. The summed E-state index contributed by atoms with van der Waals surface area (Å²) in [4.78, 5) is 25.1. The van der Waals surface area contributed by atoms with Crippen LogP contribution < -0.4 is 15.1 Å². The fourth-order valence-electron chi connectivity index (χ4n) is 3.67. The molecular weight excluding hydrogens is 350 g/mol. The molecule has 2 aromatic rings. The van der Waals surface area contributed by atoms with Crippen LogP contribution in [-0.4, -0.2) is 62.3 Å². The fraction of sp³-hybridized carbons (Fsp3) is 0.500. The van der Waals surface area contributed by atoms with Crippen LogP contribution in [0.25, 0.3) is 0 Å². The lowest BCUT2D eigenvalue weighted by molar-refractivity contribution is 0.0940. The van der Waals surface area contributed by atoms with Crippen LogP contribution in [0.15, 0.2) is 29.2 Å². The Morgan fingerprint density at radius 1 is 1.42 bits per heavy atom. The number of nitrogens with zero attached hydrogens (tertiary/aromatic N) is 4. The first-order valence-electron chi connectivity index (χ1n) is 8.78. The van der Waals surface area contributed by atoms with Crippen molar-refractivity contribution in [2.75, 3.05) is 50.1 Å². The summed E-state index contributed by atoms with van der Waals surface area (Å²) in [6.07, 6.45) is 1.81. The molecule has 26 heavy (non-hydrogen) atoms. The smallest absolute Gasteiger partial charge is 0.252 e. The average Bonchev–Trinajstić information content (AvgIpc) is 3.37. The van der Waals surface area contributed by atoms with Crippen LogP contribution in [-0.2, 0) is 4.74 Å². The van der Waals surface area contributed by atoms with Crippen LogP contribution >= 0.6 is 11.3 Å². The standard InChI is InChI=1S/C18H23N5O2S/c1-22(2)16-5-17(21-11-20-16)23-7-14-13(9-25-15(14)8-23)6-19-18(24)12-3-4-26-10-12/h3-5,10-11,13-15H,6-9H2,1-2H3,(H,19,24)/t13-,14+,15+/m1/s1. The lowest BCUT2D eigenvalue weighted by Crippen LogP contribution is -2.34. The van der Waals surface area contributed by atoms with Crippen LogP contribution in [0.5, 0.6) is 0 Å². The molecule has 3 atom stereocenters. The second-order valence-corrected chi connectivity index (χ2v) is 7.83. The number of fused-ring (bicyclic) bond motifs is 1. The molecule has 8 heteroatoms. The van der Waals surface area contributed by atoms with Gasteiger partial charge in [0.05, 0.1) is 12.7 Å². The van der Waals surface area contributed by atoms with E-state index in [0.29, 0.717) is 25.0 Å². The number of anilines is 2. The normalized spacial score (nSPS) is 24.5. The van der Waals surface area contributed by atoms with Gasteiger partial charge in [-0.2, -0.15) is 11.3 Å². The van der Waals surface area contributed by atoms with Crippen LogP contribution in [0, 0.1) is 11.8 Å². The van der Waals surface area contributed by atoms with Crippen molar-refractivity contribution >= 4 is 28.9 Å². The topological polar surface area (TPSA) is 70.6 Å². The summed E-state index contributed by atoms with van der Waals surface area (Å²) in [5.74, 6) is 2.57. The van der Waals surface area contributed by atoms with Crippen molar-refractivity contribution in [1.29, 1.82) is 0 Å². The van der Waals surface area contributed by atoms with Crippen LogP contribution in [0.2, 0.25) is 0 Å². The molecule has 0 bridgehead atoms. The van der Waals surface area contributed by atoms with Gasteiger partial charge in [-0.05, 0) is 11.4 Å². The highest BCUT2D eigenvalue weighted by molar-refractivity contribution is 7.08. The van der Waals surface area contributed by atoms with E-state index in [1.807, 2.05) is 41.9 Å². The molecule has 138 valence electrons. The first-order valence-corrected chi connectivity index (χ1v) is 9.72. The van der Waals surface area contributed by atoms with Gasteiger partial charge in [0, 0.05) is 62.6 Å². The monoisotopic (exact) mass is 373 g/mol. The van der Waals surface area contributed by atoms with E-state index in [2.05, 4.69) is 20.2 Å². The largest absolute Gasteiger partial charge is 0.376 e. The molecule has 1 N–H and O–H groups in total. The summed E-state index contributed by atoms with van der Waals surface area (Å²) in [7, 11) is 3.94. The molecule has 4 heterocycles. The number of rotatable bonds is 5. The summed E-state index contributed by atoms with van der Waals surface area (Å²) in [6, 6.07) is 3.86. The molecule has 2 fully saturated rings. The van der Waals surface area contributed by atoms with Crippen molar-refractivity contribution in [2.45, 2.75) is 6.10 Å². The lowest BCUT2D eigenvalue weighted by Gasteiger charge is -2.22. The van der Waals surface area contributed by atoms with Gasteiger partial charge in [-0.25, -0.2) is 9.97 Å². The second kappa shape index (κ2) is 7.20. The van der Waals surface area contributed by atoms with E-state index < -0.39 is 0 Å². The number of thiophene rings is 1. The number of aromatic nitrogens is 2. The van der Waals surface area contributed by atoms with E-state index in [9.17, 15) is 4.79 Å². The Morgan fingerprint density at radius 3 is 3.08 bits per heavy atom. The molecule has 2 aliphatic heterocycles. The van der Waals surface area contributed by atoms with Gasteiger partial charge in [0.15, 0.2) is 0 Å². The van der Waals surface area contributed by atoms with E-state index in [0.717, 1.165) is 30.3 Å². The highest BCUT2D eigenvalue weighted by atomic mass is 32.1. The molecular formula is C18H23N5O2S. The highest BCUT2D eigenvalue weighted by Crippen LogP contribution is 2.35. The fourth-order valence-corrected chi connectivity index (χ4v) is 4.31. The molecule has 4 rings (SSSR count). The van der Waals surface area contributed by atoms with E-state index >= 15 is 0 Å². The summed E-state index contributed by atoms with van der Waals surface area (Å²) in [5.41, 5.74) is 0.732. The van der Waals surface area contributed by atoms with Crippen molar-refractivity contribution in [3.63, 3.8) is 0 Å². The Bertz CT molecular complexity index is 767. The van der Waals surface area contributed by atoms with Crippen LogP contribution in [0.3, 0.4) is 0 Å². The zero-order chi connectivity index (χ0) is 18.1. The predicted octanol–water partition coefficient (Wildman–Crippen LogP) is 1.49. The van der Waals surface area contributed by atoms with E-state index in [4.69, 9.17) is 4.74 Å². The third-order valence-electron chi connectivity index (χ3n) is 5.17. The van der Waals surface area contributed by atoms with Gasteiger partial charge < -0.3 is 19.9 Å². The van der Waals surface area contributed by atoms with Gasteiger partial charge in [0.25, 0.3) is 5.91 Å². The first kappa shape index (κ1) is 17.2. The number of nitrogens with one attached hydrogen (secondary N) is 1. The Balaban J connectivity index is 1.38. The molecule has 2 aliphatic rings. The molecule has 7 nitrogen and oxygen atoms in total. The van der Waals surface area contributed by atoms with Gasteiger partial charge in [-0.15, -0.1) is 0 Å². The molecule has 0 aliphatic carbocycles. The Kier molecular flexibility index (Phi) is 4.78. The molecule has 1 amide bonds. The maximum atomic E-state index is 12.2. The third kappa shape index (κ3) is 3.39. The quantitative estimate of drug-likeness (QED) is 0.856. The summed E-state index contributed by atoms with van der Waals surface area (Å²) >= 11 is 1.53. The minimum absolute atomic E-state index is 0.00372. The van der Waals surface area contributed by atoms with E-state index in [1.54, 1.807) is 6.33 Å². The Morgan fingerprint density at radius 2 is 2.31 bits per heavy atom. The Labute approximate surface area is 157 Å². The predicted molar refractivity (Wildman–Crippen MR) is 102 cm³/mol. The number of hydrogen-bond acceptors (Lipinski definition) is 7. The number of hydrogen-bond donors (Lipinski definition) is 1. The molecule has 2 aromatic heterocycles. The van der Waals surface area contributed by atoms with Crippen molar-refractivity contribution in [3.05, 3.63) is 34.8 Å². The van der Waals surface area contributed by atoms with Gasteiger partial charge in [0.2, 0.25) is 0 Å². The number of ether oxygens (including phenoxy) is 1. The molecule has 0 spiro atoms. The minimum atomic E-state index is -0.00372. The van der Waals surface area contributed by atoms with Gasteiger partial charge in [-0.3, -0.25) is 4.79 Å². The highest BCUT2D eigenvalue weighted by Gasteiger charge is 2.44. The number of carbonyl (C=O) groups excluding carboxylic acids is 1. The van der Waals surface area contributed by atoms with Crippen molar-refractivity contribution < 1.29 is 9.53 Å². The maximum absolute atomic E-state index is 12.2. The van der Waals surface area contributed by atoms with Crippen molar-refractivity contribution in [1.82, 2.24) is 15.3 Å². The Hall–Kier alpha value is -2.19. The molecule has 0 aromatic carbocycles. The molecule has 2 saturated heterocycles. The SMILES string of the molecule is CN(C)c1cc(N2C[C@H]3[C@H](CNC(=O)c4ccsc4)CO[C@H]3C2)ncn1. The zero-order valence-electron chi connectivity index (χ0n) is 15.0. The summed E-state index contributed by atoms with van der Waals surface area (Å²) in [6.45, 7) is 3.09. The second-order valence-electron chi connectivity index (χ2n) is 7.05. The molecule has 0 radical (unpaired) electrons. The van der Waals surface area contributed by atoms with Gasteiger partial charge in [-0.1, -0.05) is 0 Å². The number of carbonyl (C=O) groups is 1. The summed E-state index contributed by atoms with van der Waals surface area (Å²) < 4.78 is 6.00. The molecule has 0 saturated carbocycles. The van der Waals surface area contributed by atoms with Crippen molar-refractivity contribution in [3.8, 4) is 0 Å². The number of amides is 1. The van der Waals surface area contributed by atoms with Crippen molar-refractivity contribution in [2.24, 2.45) is 11.8 Å². The van der Waals surface area contributed by atoms with Gasteiger partial charge in [0.1, 0.15) is 18.0 Å².